The first-order valence-electron chi connectivity index (χ1n) is 9.81. The summed E-state index contributed by atoms with van der Waals surface area (Å²) in [4.78, 5) is 14.5. The molecule has 0 radical (unpaired) electrons. The summed E-state index contributed by atoms with van der Waals surface area (Å²) in [5.41, 5.74) is 4.79. The molecule has 0 saturated carbocycles. The third kappa shape index (κ3) is 4.14. The summed E-state index contributed by atoms with van der Waals surface area (Å²) in [5, 5.41) is 4.14. The lowest BCUT2D eigenvalue weighted by Crippen LogP contribution is -2.34. The average molecular weight is 390 g/mol. The molecule has 0 aliphatic carbocycles. The zero-order valence-electron chi connectivity index (χ0n) is 16.6. The number of amides is 1. The molecule has 1 amide bonds. The van der Waals surface area contributed by atoms with Crippen LogP contribution in [0, 0.1) is 5.82 Å². The van der Waals surface area contributed by atoms with Gasteiger partial charge < -0.3 is 9.42 Å². The number of carbonyl (C=O) groups excluding carboxylic acids is 1. The van der Waals surface area contributed by atoms with Gasteiger partial charge in [-0.2, -0.15) is 0 Å². The molecule has 1 aliphatic rings. The van der Waals surface area contributed by atoms with E-state index in [1.807, 2.05) is 18.2 Å². The van der Waals surface area contributed by atoms with Gasteiger partial charge in [0, 0.05) is 30.2 Å². The Hall–Kier alpha value is -3.21. The molecule has 0 spiro atoms. The minimum absolute atomic E-state index is 0.0464. The Balaban J connectivity index is 1.48. The van der Waals surface area contributed by atoms with Crippen LogP contribution < -0.4 is 0 Å². The number of halogens is 1. The highest BCUT2D eigenvalue weighted by Crippen LogP contribution is 2.30. The molecular weight excluding hydrogens is 367 g/mol. The van der Waals surface area contributed by atoms with Crippen molar-refractivity contribution in [2.24, 2.45) is 0 Å². The van der Waals surface area contributed by atoms with E-state index in [-0.39, 0.29) is 11.7 Å². The molecule has 0 saturated heterocycles. The first-order valence-corrected chi connectivity index (χ1v) is 9.81. The van der Waals surface area contributed by atoms with Gasteiger partial charge in [-0.1, -0.05) is 43.3 Å². The van der Waals surface area contributed by atoms with E-state index >= 15 is 0 Å². The molecule has 0 fully saturated rings. The Labute approximate surface area is 169 Å². The Morgan fingerprint density at radius 1 is 1.14 bits per heavy atom. The minimum Gasteiger partial charge on any atom is -0.356 e. The van der Waals surface area contributed by atoms with Gasteiger partial charge >= 0.3 is 0 Å². The van der Waals surface area contributed by atoms with Gasteiger partial charge in [0.05, 0.1) is 12.2 Å². The first-order chi connectivity index (χ1) is 14.0. The number of benzene rings is 2. The van der Waals surface area contributed by atoms with Crippen molar-refractivity contribution >= 4 is 12.0 Å². The van der Waals surface area contributed by atoms with Crippen LogP contribution in [-0.2, 0) is 17.8 Å². The number of hydrogen-bond donors (Lipinski definition) is 0. The number of aromatic nitrogens is 1. The molecule has 1 aliphatic heterocycles. The Morgan fingerprint density at radius 2 is 1.86 bits per heavy atom. The molecule has 0 bridgehead atoms. The second-order valence-electron chi connectivity index (χ2n) is 7.61. The highest BCUT2D eigenvalue weighted by Gasteiger charge is 2.26. The van der Waals surface area contributed by atoms with Crippen LogP contribution >= 0.6 is 0 Å². The van der Waals surface area contributed by atoms with Crippen molar-refractivity contribution in [1.82, 2.24) is 10.1 Å². The highest BCUT2D eigenvalue weighted by atomic mass is 19.1. The molecule has 0 unspecified atom stereocenters. The molecule has 1 aromatic heterocycles. The molecule has 2 heterocycles. The summed E-state index contributed by atoms with van der Waals surface area (Å²) < 4.78 is 18.7. The third-order valence-corrected chi connectivity index (χ3v) is 5.28. The zero-order chi connectivity index (χ0) is 20.4. The fraction of sp³-hybridized carbons (Fsp3) is 0.250. The summed E-state index contributed by atoms with van der Waals surface area (Å²) in [6, 6.07) is 14.4. The normalized spacial score (nSPS) is 13.9. The van der Waals surface area contributed by atoms with Crippen molar-refractivity contribution < 1.29 is 13.7 Å². The second kappa shape index (κ2) is 8.03. The molecule has 29 heavy (non-hydrogen) atoms. The fourth-order valence-electron chi connectivity index (χ4n) is 3.49. The van der Waals surface area contributed by atoms with E-state index < -0.39 is 0 Å². The molecule has 0 atom stereocenters. The maximum absolute atomic E-state index is 13.2. The number of carbonyl (C=O) groups is 1. The van der Waals surface area contributed by atoms with Crippen LogP contribution in [0.5, 0.6) is 0 Å². The van der Waals surface area contributed by atoms with Gasteiger partial charge in [-0.25, -0.2) is 4.39 Å². The molecule has 4 rings (SSSR count). The van der Waals surface area contributed by atoms with Crippen molar-refractivity contribution in [2.45, 2.75) is 32.7 Å². The lowest BCUT2D eigenvalue weighted by Gasteiger charge is -2.25. The van der Waals surface area contributed by atoms with Crippen LogP contribution in [0.4, 0.5) is 4.39 Å². The quantitative estimate of drug-likeness (QED) is 0.575. The van der Waals surface area contributed by atoms with Crippen molar-refractivity contribution in [3.63, 3.8) is 0 Å². The monoisotopic (exact) mass is 390 g/mol. The molecule has 2 aromatic carbocycles. The zero-order valence-corrected chi connectivity index (χ0v) is 16.6. The molecule has 0 N–H and O–H groups in total. The second-order valence-corrected chi connectivity index (χ2v) is 7.61. The van der Waals surface area contributed by atoms with Gasteiger partial charge in [0.1, 0.15) is 5.82 Å². The summed E-state index contributed by atoms with van der Waals surface area (Å²) in [6.45, 7) is 5.34. The van der Waals surface area contributed by atoms with Crippen molar-refractivity contribution in [2.75, 3.05) is 6.54 Å². The van der Waals surface area contributed by atoms with E-state index in [0.29, 0.717) is 31.2 Å². The van der Waals surface area contributed by atoms with Crippen LogP contribution in [0.3, 0.4) is 0 Å². The van der Waals surface area contributed by atoms with Crippen molar-refractivity contribution in [3.05, 3.63) is 82.8 Å². The van der Waals surface area contributed by atoms with E-state index in [9.17, 15) is 9.18 Å². The van der Waals surface area contributed by atoms with Gasteiger partial charge in [0.25, 0.3) is 0 Å². The standard InChI is InChI=1S/C24H23FN2O2/c1-16(2)18-6-3-17(4-7-18)5-12-23(28)27-14-13-22-21(15-27)24(29-26-22)19-8-10-20(25)11-9-19/h3-12,16H,13-15H2,1-2H3/b12-5+. The first kappa shape index (κ1) is 19.1. The van der Waals surface area contributed by atoms with E-state index in [1.165, 1.54) is 17.7 Å². The number of hydrogen-bond acceptors (Lipinski definition) is 3. The van der Waals surface area contributed by atoms with E-state index in [2.05, 4.69) is 31.1 Å². The minimum atomic E-state index is -0.300. The SMILES string of the molecule is CC(C)c1ccc(/C=C/C(=O)N2CCc3noc(-c4ccc(F)cc4)c3C2)cc1. The van der Waals surface area contributed by atoms with Gasteiger partial charge in [0.2, 0.25) is 5.91 Å². The van der Waals surface area contributed by atoms with Crippen molar-refractivity contribution in [3.8, 4) is 11.3 Å². The Morgan fingerprint density at radius 3 is 2.55 bits per heavy atom. The molecule has 5 heteroatoms. The maximum Gasteiger partial charge on any atom is 0.246 e. The summed E-state index contributed by atoms with van der Waals surface area (Å²) >= 11 is 0. The van der Waals surface area contributed by atoms with E-state index in [0.717, 1.165) is 22.4 Å². The largest absolute Gasteiger partial charge is 0.356 e. The van der Waals surface area contributed by atoms with Crippen LogP contribution in [0.1, 0.15) is 42.1 Å². The summed E-state index contributed by atoms with van der Waals surface area (Å²) in [6.07, 6.45) is 4.10. The molecular formula is C24H23FN2O2. The van der Waals surface area contributed by atoms with Gasteiger partial charge in [-0.15, -0.1) is 0 Å². The van der Waals surface area contributed by atoms with Crippen LogP contribution in [0.2, 0.25) is 0 Å². The van der Waals surface area contributed by atoms with Gasteiger partial charge in [-0.05, 0) is 47.4 Å². The predicted octanol–water partition coefficient (Wildman–Crippen LogP) is 5.20. The van der Waals surface area contributed by atoms with Crippen molar-refractivity contribution in [1.29, 1.82) is 0 Å². The average Bonchev–Trinajstić information content (AvgIpc) is 3.16. The van der Waals surface area contributed by atoms with Crippen LogP contribution in [0.25, 0.3) is 17.4 Å². The predicted molar refractivity (Wildman–Crippen MR) is 111 cm³/mol. The molecule has 148 valence electrons. The Bertz CT molecular complexity index is 1030. The number of rotatable bonds is 4. The topological polar surface area (TPSA) is 46.3 Å². The Kier molecular flexibility index (Phi) is 5.30. The highest BCUT2D eigenvalue weighted by molar-refractivity contribution is 5.92. The number of nitrogens with zero attached hydrogens (tertiary/aromatic N) is 2. The van der Waals surface area contributed by atoms with Gasteiger partial charge in [0.15, 0.2) is 5.76 Å². The fourth-order valence-corrected chi connectivity index (χ4v) is 3.49. The maximum atomic E-state index is 13.2. The lowest BCUT2D eigenvalue weighted by molar-refractivity contribution is -0.126. The van der Waals surface area contributed by atoms with E-state index in [4.69, 9.17) is 4.52 Å². The molecule has 3 aromatic rings. The summed E-state index contributed by atoms with van der Waals surface area (Å²) in [7, 11) is 0. The van der Waals surface area contributed by atoms with E-state index in [1.54, 1.807) is 23.1 Å². The molecule has 4 nitrogen and oxygen atoms in total. The van der Waals surface area contributed by atoms with Gasteiger partial charge in [-0.3, -0.25) is 4.79 Å². The van der Waals surface area contributed by atoms with Crippen LogP contribution in [-0.4, -0.2) is 22.5 Å². The summed E-state index contributed by atoms with van der Waals surface area (Å²) in [5.74, 6) is 0.738. The smallest absolute Gasteiger partial charge is 0.246 e. The lowest BCUT2D eigenvalue weighted by atomic mass is 10.0. The van der Waals surface area contributed by atoms with Crippen LogP contribution in [0.15, 0.2) is 59.1 Å². The third-order valence-electron chi connectivity index (χ3n) is 5.28. The number of fused-ring (bicyclic) bond motifs is 1.